The molecule has 0 unspecified atom stereocenters. The van der Waals surface area contributed by atoms with Crippen LogP contribution in [0.1, 0.15) is 83.8 Å². The maximum Gasteiger partial charge on any atom is 0.0356 e. The molecule has 0 aromatic heterocycles. The van der Waals surface area contributed by atoms with Gasteiger partial charge in [-0.05, 0) is 143 Å². The molecule has 0 aliphatic rings. The largest absolute Gasteiger partial charge is 0.0561 e. The maximum absolute atomic E-state index is 2.46. The third-order valence-electron chi connectivity index (χ3n) is 7.80. The molecular weight excluding hydrogens is 432 g/mol. The SMILES string of the molecule is Cc1cc(C)c(-c2c(C)cc(C)cc2C(c2c(C)cc(C)cc2C)c2c(C)cc(C)cc2C)c(C)c1. The zero-order chi connectivity index (χ0) is 26.5. The van der Waals surface area contributed by atoms with Crippen LogP contribution in [0.2, 0.25) is 0 Å². The molecule has 0 saturated carbocycles. The van der Waals surface area contributed by atoms with Crippen LogP contribution in [0.4, 0.5) is 0 Å². The Kier molecular flexibility index (Phi) is 7.02. The van der Waals surface area contributed by atoms with Gasteiger partial charge in [-0.3, -0.25) is 0 Å². The van der Waals surface area contributed by atoms with Crippen LogP contribution in [0.5, 0.6) is 0 Å². The van der Waals surface area contributed by atoms with E-state index in [9.17, 15) is 0 Å². The maximum atomic E-state index is 2.46. The van der Waals surface area contributed by atoms with Gasteiger partial charge in [-0.1, -0.05) is 70.8 Å². The van der Waals surface area contributed by atoms with E-state index in [1.165, 1.54) is 89.0 Å². The minimum Gasteiger partial charge on any atom is -0.0561 e. The molecule has 4 aromatic rings. The minimum atomic E-state index is 0.167. The molecule has 0 fully saturated rings. The van der Waals surface area contributed by atoms with Crippen LogP contribution in [-0.4, -0.2) is 0 Å². The third kappa shape index (κ3) is 4.66. The summed E-state index contributed by atoms with van der Waals surface area (Å²) >= 11 is 0. The van der Waals surface area contributed by atoms with Crippen molar-refractivity contribution in [3.63, 3.8) is 0 Å². The lowest BCUT2D eigenvalue weighted by atomic mass is 9.73. The van der Waals surface area contributed by atoms with Crippen molar-refractivity contribution in [2.45, 2.75) is 82.1 Å². The summed E-state index contributed by atoms with van der Waals surface area (Å²) in [7, 11) is 0. The third-order valence-corrected chi connectivity index (χ3v) is 7.80. The summed E-state index contributed by atoms with van der Waals surface area (Å²) in [5.74, 6) is 0.167. The van der Waals surface area contributed by atoms with Gasteiger partial charge in [-0.15, -0.1) is 0 Å². The molecule has 0 heterocycles. The quantitative estimate of drug-likeness (QED) is 0.258. The highest BCUT2D eigenvalue weighted by atomic mass is 14.3. The standard InChI is InChI=1S/C36H42/c1-20-12-24(5)32(25(6)13-20)35-30(11)18-23(4)19-31(35)36(33-26(7)14-21(2)15-27(33)8)34-28(9)16-22(3)17-29(34)10/h12-19,36H,1-11H3. The van der Waals surface area contributed by atoms with Crippen molar-refractivity contribution < 1.29 is 0 Å². The molecule has 0 nitrogen and oxygen atoms in total. The average molecular weight is 475 g/mol. The molecule has 0 bridgehead atoms. The van der Waals surface area contributed by atoms with Crippen molar-refractivity contribution in [2.75, 3.05) is 0 Å². The Labute approximate surface area is 219 Å². The van der Waals surface area contributed by atoms with Crippen LogP contribution < -0.4 is 0 Å². The molecule has 0 amide bonds. The fraction of sp³-hybridized carbons (Fsp3) is 0.333. The highest BCUT2D eigenvalue weighted by Gasteiger charge is 2.28. The van der Waals surface area contributed by atoms with Crippen LogP contribution >= 0.6 is 0 Å². The second-order valence-corrected chi connectivity index (χ2v) is 11.4. The monoisotopic (exact) mass is 474 g/mol. The van der Waals surface area contributed by atoms with Gasteiger partial charge in [0.2, 0.25) is 0 Å². The van der Waals surface area contributed by atoms with Crippen molar-refractivity contribution in [3.05, 3.63) is 126 Å². The number of benzene rings is 4. The normalized spacial score (nSPS) is 11.4. The van der Waals surface area contributed by atoms with E-state index in [2.05, 4.69) is 125 Å². The van der Waals surface area contributed by atoms with Crippen LogP contribution in [0.25, 0.3) is 11.1 Å². The number of hydrogen-bond donors (Lipinski definition) is 0. The van der Waals surface area contributed by atoms with E-state index in [-0.39, 0.29) is 5.92 Å². The highest BCUT2D eigenvalue weighted by molar-refractivity contribution is 5.80. The van der Waals surface area contributed by atoms with E-state index in [0.717, 1.165) is 0 Å². The fourth-order valence-corrected chi connectivity index (χ4v) is 6.89. The summed E-state index contributed by atoms with van der Waals surface area (Å²) in [4.78, 5) is 0. The Bertz CT molecular complexity index is 1350. The van der Waals surface area contributed by atoms with Crippen LogP contribution in [-0.2, 0) is 0 Å². The molecule has 0 saturated heterocycles. The molecule has 0 aliphatic heterocycles. The number of aryl methyl sites for hydroxylation is 11. The molecular formula is C36H42. The molecule has 186 valence electrons. The predicted octanol–water partition coefficient (Wildman–Crippen LogP) is 9.93. The Morgan fingerprint density at radius 3 is 0.972 bits per heavy atom. The molecule has 4 aromatic carbocycles. The lowest BCUT2D eigenvalue weighted by Gasteiger charge is -2.30. The summed E-state index contributed by atoms with van der Waals surface area (Å²) in [5, 5.41) is 0. The summed E-state index contributed by atoms with van der Waals surface area (Å²) < 4.78 is 0. The van der Waals surface area contributed by atoms with E-state index >= 15 is 0 Å². The first kappa shape index (κ1) is 26.0. The van der Waals surface area contributed by atoms with Crippen LogP contribution in [0, 0.1) is 76.2 Å². The Hall–Kier alpha value is -3.12. The van der Waals surface area contributed by atoms with Crippen molar-refractivity contribution >= 4 is 0 Å². The zero-order valence-electron chi connectivity index (χ0n) is 24.2. The smallest absolute Gasteiger partial charge is 0.0356 e. The Morgan fingerprint density at radius 1 is 0.333 bits per heavy atom. The molecule has 0 heteroatoms. The van der Waals surface area contributed by atoms with Gasteiger partial charge in [0.25, 0.3) is 0 Å². The second kappa shape index (κ2) is 9.74. The van der Waals surface area contributed by atoms with E-state index in [1.807, 2.05) is 0 Å². The van der Waals surface area contributed by atoms with Gasteiger partial charge in [0.05, 0.1) is 0 Å². The second-order valence-electron chi connectivity index (χ2n) is 11.4. The van der Waals surface area contributed by atoms with E-state index in [1.54, 1.807) is 0 Å². The number of rotatable bonds is 4. The van der Waals surface area contributed by atoms with Gasteiger partial charge in [-0.25, -0.2) is 0 Å². The molecule has 36 heavy (non-hydrogen) atoms. The van der Waals surface area contributed by atoms with Gasteiger partial charge in [0.15, 0.2) is 0 Å². The molecule has 0 radical (unpaired) electrons. The van der Waals surface area contributed by atoms with Crippen molar-refractivity contribution in [1.82, 2.24) is 0 Å². The summed E-state index contributed by atoms with van der Waals surface area (Å²) in [6.45, 7) is 24.9. The molecule has 0 aliphatic carbocycles. The summed E-state index contributed by atoms with van der Waals surface area (Å²) in [6, 6.07) is 18.9. The topological polar surface area (TPSA) is 0 Å². The fourth-order valence-electron chi connectivity index (χ4n) is 6.89. The molecule has 0 spiro atoms. The van der Waals surface area contributed by atoms with E-state index in [0.29, 0.717) is 0 Å². The van der Waals surface area contributed by atoms with Crippen molar-refractivity contribution in [2.24, 2.45) is 0 Å². The van der Waals surface area contributed by atoms with Crippen LogP contribution in [0.15, 0.2) is 48.5 Å². The first-order valence-electron chi connectivity index (χ1n) is 13.2. The van der Waals surface area contributed by atoms with Crippen molar-refractivity contribution in [1.29, 1.82) is 0 Å². The van der Waals surface area contributed by atoms with Gasteiger partial charge in [-0.2, -0.15) is 0 Å². The summed E-state index contributed by atoms with van der Waals surface area (Å²) in [5.41, 5.74) is 22.0. The number of hydrogen-bond acceptors (Lipinski definition) is 0. The Balaban J connectivity index is 2.21. The van der Waals surface area contributed by atoms with Gasteiger partial charge >= 0.3 is 0 Å². The molecule has 0 N–H and O–H groups in total. The van der Waals surface area contributed by atoms with Crippen molar-refractivity contribution in [3.8, 4) is 11.1 Å². The highest BCUT2D eigenvalue weighted by Crippen LogP contribution is 2.46. The lowest BCUT2D eigenvalue weighted by molar-refractivity contribution is 0.917. The first-order chi connectivity index (χ1) is 16.9. The van der Waals surface area contributed by atoms with Gasteiger partial charge < -0.3 is 0 Å². The average Bonchev–Trinajstić information content (AvgIpc) is 2.71. The van der Waals surface area contributed by atoms with Gasteiger partial charge in [0, 0.05) is 5.92 Å². The predicted molar refractivity (Wildman–Crippen MR) is 158 cm³/mol. The molecule has 4 rings (SSSR count). The van der Waals surface area contributed by atoms with E-state index < -0.39 is 0 Å². The van der Waals surface area contributed by atoms with E-state index in [4.69, 9.17) is 0 Å². The first-order valence-corrected chi connectivity index (χ1v) is 13.2. The lowest BCUT2D eigenvalue weighted by Crippen LogP contribution is -2.14. The zero-order valence-corrected chi connectivity index (χ0v) is 24.2. The van der Waals surface area contributed by atoms with Gasteiger partial charge in [0.1, 0.15) is 0 Å². The minimum absolute atomic E-state index is 0.167. The summed E-state index contributed by atoms with van der Waals surface area (Å²) in [6.07, 6.45) is 0. The molecule has 0 atom stereocenters. The Morgan fingerprint density at radius 2 is 0.611 bits per heavy atom. The van der Waals surface area contributed by atoms with Crippen LogP contribution in [0.3, 0.4) is 0 Å².